The first-order valence-corrected chi connectivity index (χ1v) is 12.8. The van der Waals surface area contributed by atoms with Gasteiger partial charge >= 0.3 is 5.97 Å². The summed E-state index contributed by atoms with van der Waals surface area (Å²) in [7, 11) is 0. The summed E-state index contributed by atoms with van der Waals surface area (Å²) in [5, 5.41) is 24.9. The normalized spacial score (nSPS) is 12.1. The van der Waals surface area contributed by atoms with E-state index in [0.717, 1.165) is 64.8 Å². The molecule has 0 radical (unpaired) electrons. The third-order valence-corrected chi connectivity index (χ3v) is 6.72. The van der Waals surface area contributed by atoms with Gasteiger partial charge in [-0.05, 0) is 40.5 Å². The second-order valence-corrected chi connectivity index (χ2v) is 9.25. The largest absolute Gasteiger partial charge is 0.480 e. The van der Waals surface area contributed by atoms with Crippen molar-refractivity contribution in [2.75, 3.05) is 0 Å². The van der Waals surface area contributed by atoms with Crippen molar-refractivity contribution in [1.82, 2.24) is 30.2 Å². The number of hydrogen-bond acceptors (Lipinski definition) is 5. The third-order valence-electron chi connectivity index (χ3n) is 6.72. The molecule has 1 atom stereocenters. The third kappa shape index (κ3) is 5.28. The minimum atomic E-state index is -0.831. The molecule has 0 spiro atoms. The van der Waals surface area contributed by atoms with Crippen LogP contribution in [0.1, 0.15) is 56.5 Å². The molecule has 2 N–H and O–H groups in total. The van der Waals surface area contributed by atoms with Crippen LogP contribution in [0.3, 0.4) is 0 Å². The second-order valence-electron chi connectivity index (χ2n) is 9.25. The van der Waals surface area contributed by atoms with Gasteiger partial charge in [-0.15, -0.1) is 10.2 Å². The lowest BCUT2D eigenvalue weighted by Gasteiger charge is -2.19. The topological polar surface area (TPSA) is 110 Å². The first-order chi connectivity index (χ1) is 18.2. The van der Waals surface area contributed by atoms with E-state index in [1.165, 1.54) is 0 Å². The maximum atomic E-state index is 12.6. The van der Waals surface area contributed by atoms with E-state index < -0.39 is 12.0 Å². The Morgan fingerprint density at radius 3 is 2.49 bits per heavy atom. The molecule has 188 valence electrons. The Morgan fingerprint density at radius 2 is 1.76 bits per heavy atom. The molecule has 0 saturated heterocycles. The van der Waals surface area contributed by atoms with Crippen LogP contribution in [0.25, 0.3) is 33.5 Å². The Labute approximate surface area is 215 Å². The average Bonchev–Trinajstić information content (AvgIpc) is 3.57. The molecular formula is C29H30N6O2. The molecule has 3 aromatic carbocycles. The highest BCUT2D eigenvalue weighted by molar-refractivity contribution is 5.88. The van der Waals surface area contributed by atoms with Gasteiger partial charge in [0.05, 0.1) is 11.0 Å². The number of carbonyl (C=O) groups is 1. The zero-order valence-electron chi connectivity index (χ0n) is 20.8. The molecule has 2 aromatic heterocycles. The van der Waals surface area contributed by atoms with Crippen molar-refractivity contribution in [1.29, 1.82) is 0 Å². The quantitative estimate of drug-likeness (QED) is 0.216. The van der Waals surface area contributed by atoms with E-state index in [-0.39, 0.29) is 0 Å². The summed E-state index contributed by atoms with van der Waals surface area (Å²) < 4.78 is 1.94. The van der Waals surface area contributed by atoms with Crippen molar-refractivity contribution in [3.63, 3.8) is 0 Å². The Bertz CT molecular complexity index is 1480. The SMILES string of the molecule is CCCCCCC(C(=O)O)n1c(Cc2ccccc2)nc2ccc(-c3ccccc3-c3nn[nH]n3)cc21. The van der Waals surface area contributed by atoms with Crippen molar-refractivity contribution >= 4 is 17.0 Å². The molecule has 0 amide bonds. The van der Waals surface area contributed by atoms with E-state index in [9.17, 15) is 9.90 Å². The van der Waals surface area contributed by atoms with Crippen molar-refractivity contribution in [3.05, 3.63) is 84.2 Å². The standard InChI is InChI=1S/C29H30N6O2/c1-2-3-4-8-15-25(29(36)37)35-26-19-21(22-13-9-10-14-23(22)28-31-33-34-32-28)16-17-24(26)30-27(35)18-20-11-6-5-7-12-20/h5-7,9-14,16-17,19,25H,2-4,8,15,18H2,1H3,(H,36,37)(H,31,32,33,34). The van der Waals surface area contributed by atoms with Crippen LogP contribution in [0.15, 0.2) is 72.8 Å². The van der Waals surface area contributed by atoms with Crippen molar-refractivity contribution in [2.24, 2.45) is 0 Å². The van der Waals surface area contributed by atoms with Crippen molar-refractivity contribution < 1.29 is 9.90 Å². The van der Waals surface area contributed by atoms with Gasteiger partial charge in [-0.25, -0.2) is 9.78 Å². The molecule has 8 nitrogen and oxygen atoms in total. The Morgan fingerprint density at radius 1 is 0.973 bits per heavy atom. The second kappa shape index (κ2) is 11.2. The van der Waals surface area contributed by atoms with E-state index >= 15 is 0 Å². The van der Waals surface area contributed by atoms with Crippen molar-refractivity contribution in [3.8, 4) is 22.5 Å². The van der Waals surface area contributed by atoms with Crippen LogP contribution in [-0.2, 0) is 11.2 Å². The van der Waals surface area contributed by atoms with Gasteiger partial charge in [0, 0.05) is 12.0 Å². The molecule has 0 bridgehead atoms. The number of aromatic amines is 1. The van der Waals surface area contributed by atoms with Gasteiger partial charge in [0.2, 0.25) is 5.82 Å². The number of imidazole rings is 1. The van der Waals surface area contributed by atoms with Crippen LogP contribution < -0.4 is 0 Å². The van der Waals surface area contributed by atoms with Gasteiger partial charge < -0.3 is 9.67 Å². The van der Waals surface area contributed by atoms with Crippen LogP contribution in [0, 0.1) is 0 Å². The Balaban J connectivity index is 1.63. The van der Waals surface area contributed by atoms with Gasteiger partial charge in [0.15, 0.2) is 0 Å². The van der Waals surface area contributed by atoms with E-state index in [0.29, 0.717) is 18.7 Å². The number of hydrogen-bond donors (Lipinski definition) is 2. The number of rotatable bonds is 11. The van der Waals surface area contributed by atoms with Crippen LogP contribution >= 0.6 is 0 Å². The molecule has 0 saturated carbocycles. The number of benzene rings is 3. The number of carboxylic acids is 1. The van der Waals surface area contributed by atoms with E-state index in [1.54, 1.807) is 0 Å². The van der Waals surface area contributed by atoms with E-state index in [2.05, 4.69) is 27.5 Å². The molecule has 5 rings (SSSR count). The maximum absolute atomic E-state index is 12.6. The number of nitrogens with one attached hydrogen (secondary N) is 1. The number of aliphatic carboxylic acids is 1. The van der Waals surface area contributed by atoms with Crippen LogP contribution in [0.4, 0.5) is 0 Å². The molecule has 0 aliphatic heterocycles. The van der Waals surface area contributed by atoms with Crippen LogP contribution in [0.2, 0.25) is 0 Å². The minimum Gasteiger partial charge on any atom is -0.480 e. The summed E-state index contributed by atoms with van der Waals surface area (Å²) in [4.78, 5) is 17.5. The molecule has 1 unspecified atom stereocenters. The summed E-state index contributed by atoms with van der Waals surface area (Å²) in [5.74, 6) is 0.434. The van der Waals surface area contributed by atoms with E-state index in [4.69, 9.17) is 4.98 Å². The maximum Gasteiger partial charge on any atom is 0.326 e. The number of tetrazole rings is 1. The summed E-state index contributed by atoms with van der Waals surface area (Å²) in [6.07, 6.45) is 5.20. The number of carboxylic acid groups (broad SMARTS) is 1. The lowest BCUT2D eigenvalue weighted by Crippen LogP contribution is -2.21. The minimum absolute atomic E-state index is 0.508. The van der Waals surface area contributed by atoms with Gasteiger partial charge in [-0.2, -0.15) is 5.21 Å². The highest BCUT2D eigenvalue weighted by Gasteiger charge is 2.25. The molecule has 8 heteroatoms. The molecule has 5 aromatic rings. The number of aromatic nitrogens is 6. The zero-order valence-corrected chi connectivity index (χ0v) is 20.8. The first-order valence-electron chi connectivity index (χ1n) is 12.8. The Kier molecular flexibility index (Phi) is 7.35. The highest BCUT2D eigenvalue weighted by Crippen LogP contribution is 2.34. The zero-order chi connectivity index (χ0) is 25.6. The number of H-pyrrole nitrogens is 1. The smallest absolute Gasteiger partial charge is 0.326 e. The summed E-state index contributed by atoms with van der Waals surface area (Å²) in [6.45, 7) is 2.16. The van der Waals surface area contributed by atoms with Crippen molar-refractivity contribution in [2.45, 2.75) is 51.5 Å². The van der Waals surface area contributed by atoms with Gasteiger partial charge in [-0.1, -0.05) is 93.3 Å². The molecule has 2 heterocycles. The first kappa shape index (κ1) is 24.4. The van der Waals surface area contributed by atoms with Gasteiger partial charge in [0.25, 0.3) is 0 Å². The fourth-order valence-electron chi connectivity index (χ4n) is 4.89. The van der Waals surface area contributed by atoms with Crippen LogP contribution in [-0.4, -0.2) is 41.3 Å². The summed E-state index contributed by atoms with van der Waals surface area (Å²) >= 11 is 0. The highest BCUT2D eigenvalue weighted by atomic mass is 16.4. The number of nitrogens with zero attached hydrogens (tertiary/aromatic N) is 5. The monoisotopic (exact) mass is 494 g/mol. The van der Waals surface area contributed by atoms with Crippen LogP contribution in [0.5, 0.6) is 0 Å². The van der Waals surface area contributed by atoms with Gasteiger partial charge in [0.1, 0.15) is 11.9 Å². The predicted octanol–water partition coefficient (Wildman–Crippen LogP) is 6.07. The molecule has 0 aliphatic carbocycles. The molecule has 0 fully saturated rings. The predicted molar refractivity (Wildman–Crippen MR) is 143 cm³/mol. The average molecular weight is 495 g/mol. The fraction of sp³-hybridized carbons (Fsp3) is 0.276. The Hall–Kier alpha value is -4.33. The molecule has 37 heavy (non-hydrogen) atoms. The summed E-state index contributed by atoms with van der Waals surface area (Å²) in [5.41, 5.74) is 5.42. The van der Waals surface area contributed by atoms with Gasteiger partial charge in [-0.3, -0.25) is 0 Å². The van der Waals surface area contributed by atoms with E-state index in [1.807, 2.05) is 77.4 Å². The fourth-order valence-corrected chi connectivity index (χ4v) is 4.89. The summed E-state index contributed by atoms with van der Waals surface area (Å²) in [6, 6.07) is 23.3. The number of fused-ring (bicyclic) bond motifs is 1. The molecular weight excluding hydrogens is 464 g/mol. The molecule has 0 aliphatic rings. The lowest BCUT2D eigenvalue weighted by atomic mass is 9.98. The lowest BCUT2D eigenvalue weighted by molar-refractivity contribution is -0.141. The number of unbranched alkanes of at least 4 members (excludes halogenated alkanes) is 3.